The van der Waals surface area contributed by atoms with Crippen LogP contribution >= 0.6 is 23.2 Å². The van der Waals surface area contributed by atoms with E-state index in [2.05, 4.69) is 4.99 Å². The van der Waals surface area contributed by atoms with Gasteiger partial charge in [0.05, 0.1) is 16.7 Å². The summed E-state index contributed by atoms with van der Waals surface area (Å²) < 4.78 is 10.8. The van der Waals surface area contributed by atoms with Gasteiger partial charge >= 0.3 is 5.97 Å². The number of ether oxygens (including phenoxy) is 2. The quantitative estimate of drug-likeness (QED) is 0.583. The van der Waals surface area contributed by atoms with E-state index in [4.69, 9.17) is 32.7 Å². The molecule has 2 aromatic carbocycles. The monoisotopic (exact) mass is 361 g/mol. The molecule has 0 amide bonds. The summed E-state index contributed by atoms with van der Waals surface area (Å²) in [7, 11) is 0. The average Bonchev–Trinajstić information content (AvgIpc) is 2.93. The fraction of sp³-hybridized carbons (Fsp3) is 0.111. The Morgan fingerprint density at radius 3 is 2.71 bits per heavy atom. The van der Waals surface area contributed by atoms with E-state index in [0.717, 1.165) is 5.56 Å². The normalized spacial score (nSPS) is 15.4. The number of para-hydroxylation sites is 1. The van der Waals surface area contributed by atoms with Gasteiger partial charge in [0.2, 0.25) is 5.90 Å². The maximum absolute atomic E-state index is 12.1. The first-order chi connectivity index (χ1) is 11.6. The number of aliphatic imine (C=N–C) groups is 1. The fourth-order valence-electron chi connectivity index (χ4n) is 2.20. The highest BCUT2D eigenvalue weighted by Gasteiger charge is 2.25. The highest BCUT2D eigenvalue weighted by atomic mass is 35.5. The van der Waals surface area contributed by atoms with Crippen LogP contribution in [0.15, 0.2) is 53.2 Å². The number of halogens is 2. The van der Waals surface area contributed by atoms with Crippen LogP contribution in [0.2, 0.25) is 10.0 Å². The van der Waals surface area contributed by atoms with Gasteiger partial charge in [0.15, 0.2) is 5.70 Å². The molecule has 0 fully saturated rings. The third-order valence-corrected chi connectivity index (χ3v) is 4.04. The van der Waals surface area contributed by atoms with Gasteiger partial charge in [-0.15, -0.1) is 0 Å². The van der Waals surface area contributed by atoms with E-state index in [1.807, 2.05) is 31.2 Å². The number of nitrogens with zero attached hydrogens (tertiary/aromatic N) is 1. The molecule has 0 radical (unpaired) electrons. The molecule has 2 aromatic rings. The molecule has 1 aliphatic rings. The first-order valence-electron chi connectivity index (χ1n) is 7.28. The summed E-state index contributed by atoms with van der Waals surface area (Å²) >= 11 is 11.9. The predicted molar refractivity (Wildman–Crippen MR) is 94.7 cm³/mol. The Hall–Kier alpha value is -2.30. The lowest BCUT2D eigenvalue weighted by molar-refractivity contribution is -0.129. The van der Waals surface area contributed by atoms with E-state index < -0.39 is 5.97 Å². The van der Waals surface area contributed by atoms with Crippen LogP contribution in [0.25, 0.3) is 6.08 Å². The summed E-state index contributed by atoms with van der Waals surface area (Å²) in [5, 5.41) is 0.791. The molecule has 24 heavy (non-hydrogen) atoms. The molecule has 6 heteroatoms. The van der Waals surface area contributed by atoms with E-state index in [1.54, 1.807) is 24.3 Å². The van der Waals surface area contributed by atoms with E-state index in [-0.39, 0.29) is 11.6 Å². The van der Waals surface area contributed by atoms with Crippen molar-refractivity contribution >= 4 is 41.1 Å². The summed E-state index contributed by atoms with van der Waals surface area (Å²) in [6.07, 6.45) is 1.64. The third kappa shape index (κ3) is 3.45. The van der Waals surface area contributed by atoms with Gasteiger partial charge in [0, 0.05) is 11.1 Å². The van der Waals surface area contributed by atoms with Gasteiger partial charge in [-0.2, -0.15) is 0 Å². The van der Waals surface area contributed by atoms with Crippen molar-refractivity contribution in [3.63, 3.8) is 0 Å². The predicted octanol–water partition coefficient (Wildman–Crippen LogP) is 4.74. The molecule has 0 atom stereocenters. The Morgan fingerprint density at radius 2 is 1.96 bits per heavy atom. The highest BCUT2D eigenvalue weighted by Crippen LogP contribution is 2.27. The van der Waals surface area contributed by atoms with Crippen molar-refractivity contribution in [3.05, 3.63) is 69.3 Å². The molecule has 3 rings (SSSR count). The number of hydrogen-bond donors (Lipinski definition) is 0. The van der Waals surface area contributed by atoms with Crippen LogP contribution in [0.3, 0.4) is 0 Å². The fourth-order valence-corrected chi connectivity index (χ4v) is 2.49. The minimum absolute atomic E-state index is 0.193. The van der Waals surface area contributed by atoms with Gasteiger partial charge in [0.25, 0.3) is 0 Å². The molecule has 0 N–H and O–H groups in total. The molecule has 122 valence electrons. The number of hydrogen-bond acceptors (Lipinski definition) is 4. The zero-order valence-corrected chi connectivity index (χ0v) is 14.3. The van der Waals surface area contributed by atoms with Crippen LogP contribution in [0, 0.1) is 0 Å². The second kappa shape index (κ2) is 7.07. The summed E-state index contributed by atoms with van der Waals surface area (Å²) in [4.78, 5) is 16.3. The second-order valence-corrected chi connectivity index (χ2v) is 5.75. The lowest BCUT2D eigenvalue weighted by Crippen LogP contribution is -2.05. The number of cyclic esters (lactones) is 1. The molecule has 1 heterocycles. The van der Waals surface area contributed by atoms with Crippen molar-refractivity contribution in [2.24, 2.45) is 4.99 Å². The molecule has 0 unspecified atom stereocenters. The van der Waals surface area contributed by atoms with Gasteiger partial charge in [-0.1, -0.05) is 41.4 Å². The largest absolute Gasteiger partial charge is 0.493 e. The van der Waals surface area contributed by atoms with E-state index in [1.165, 1.54) is 0 Å². The molecular formula is C18H13Cl2NO3. The molecular weight excluding hydrogens is 349 g/mol. The number of benzene rings is 2. The van der Waals surface area contributed by atoms with Crippen LogP contribution in [-0.2, 0) is 9.53 Å². The van der Waals surface area contributed by atoms with Crippen LogP contribution in [0.5, 0.6) is 5.75 Å². The van der Waals surface area contributed by atoms with Gasteiger partial charge in [-0.25, -0.2) is 9.79 Å². The summed E-state index contributed by atoms with van der Waals surface area (Å²) in [5.41, 5.74) is 1.54. The number of carbonyl (C=O) groups is 1. The minimum Gasteiger partial charge on any atom is -0.493 e. The van der Waals surface area contributed by atoms with Crippen molar-refractivity contribution in [1.29, 1.82) is 0 Å². The maximum Gasteiger partial charge on any atom is 0.363 e. The molecule has 0 aromatic heterocycles. The standard InChI is InChI=1S/C18H13Cl2NO3/c1-2-23-16-6-4-3-5-11(16)10-15-18(22)24-17(21-15)12-7-8-13(19)14(20)9-12/h3-10H,2H2,1H3. The second-order valence-electron chi connectivity index (χ2n) is 4.94. The van der Waals surface area contributed by atoms with Crippen LogP contribution < -0.4 is 4.74 Å². The Kier molecular flexibility index (Phi) is 4.88. The SMILES string of the molecule is CCOc1ccccc1C=C1N=C(c2ccc(Cl)c(Cl)c2)OC1=O. The topological polar surface area (TPSA) is 47.9 Å². The highest BCUT2D eigenvalue weighted by molar-refractivity contribution is 6.42. The maximum atomic E-state index is 12.1. The summed E-state index contributed by atoms with van der Waals surface area (Å²) in [6, 6.07) is 12.3. The van der Waals surface area contributed by atoms with Crippen molar-refractivity contribution in [2.75, 3.05) is 6.61 Å². The Labute approximate surface area is 149 Å². The smallest absolute Gasteiger partial charge is 0.363 e. The van der Waals surface area contributed by atoms with Crippen molar-refractivity contribution in [2.45, 2.75) is 6.92 Å². The van der Waals surface area contributed by atoms with Gasteiger partial charge < -0.3 is 9.47 Å². The van der Waals surface area contributed by atoms with Crippen molar-refractivity contribution in [1.82, 2.24) is 0 Å². The van der Waals surface area contributed by atoms with E-state index in [9.17, 15) is 4.79 Å². The number of carbonyl (C=O) groups excluding carboxylic acids is 1. The van der Waals surface area contributed by atoms with Crippen molar-refractivity contribution < 1.29 is 14.3 Å². The average molecular weight is 362 g/mol. The Balaban J connectivity index is 1.96. The molecule has 0 bridgehead atoms. The Bertz CT molecular complexity index is 859. The first kappa shape index (κ1) is 16.6. The third-order valence-electron chi connectivity index (χ3n) is 3.30. The first-order valence-corrected chi connectivity index (χ1v) is 8.04. The van der Waals surface area contributed by atoms with Crippen LogP contribution in [-0.4, -0.2) is 18.5 Å². The molecule has 0 saturated carbocycles. The Morgan fingerprint density at radius 1 is 1.17 bits per heavy atom. The molecule has 0 saturated heterocycles. The van der Waals surface area contributed by atoms with Crippen LogP contribution in [0.4, 0.5) is 0 Å². The summed E-state index contributed by atoms with van der Waals surface area (Å²) in [6.45, 7) is 2.43. The summed E-state index contributed by atoms with van der Waals surface area (Å²) in [5.74, 6) is 0.347. The van der Waals surface area contributed by atoms with E-state index >= 15 is 0 Å². The minimum atomic E-state index is -0.526. The zero-order valence-electron chi connectivity index (χ0n) is 12.8. The lowest BCUT2D eigenvalue weighted by atomic mass is 10.1. The van der Waals surface area contributed by atoms with Gasteiger partial charge in [0.1, 0.15) is 5.75 Å². The zero-order chi connectivity index (χ0) is 17.1. The molecule has 0 aliphatic carbocycles. The van der Waals surface area contributed by atoms with Gasteiger partial charge in [-0.05, 0) is 37.3 Å². The van der Waals surface area contributed by atoms with E-state index in [0.29, 0.717) is 28.0 Å². The molecule has 1 aliphatic heterocycles. The van der Waals surface area contributed by atoms with Crippen molar-refractivity contribution in [3.8, 4) is 5.75 Å². The van der Waals surface area contributed by atoms with Crippen LogP contribution in [0.1, 0.15) is 18.1 Å². The number of rotatable bonds is 4. The number of esters is 1. The molecule has 0 spiro atoms. The lowest BCUT2D eigenvalue weighted by Gasteiger charge is -2.06. The van der Waals surface area contributed by atoms with Gasteiger partial charge in [-0.3, -0.25) is 0 Å². The molecule has 4 nitrogen and oxygen atoms in total.